The Morgan fingerprint density at radius 1 is 1.00 bits per heavy atom. The van der Waals surface area contributed by atoms with Gasteiger partial charge in [0.25, 0.3) is 11.7 Å². The number of nitrogens with one attached hydrogen (secondary N) is 1. The molecule has 5 nitrogen and oxygen atoms in total. The number of ketones is 1. The summed E-state index contributed by atoms with van der Waals surface area (Å²) in [6, 6.07) is 17.4. The number of carbonyl (C=O) groups excluding carboxylic acids is 2. The van der Waals surface area contributed by atoms with E-state index in [1.54, 1.807) is 11.1 Å². The number of aromatic nitrogens is 1. The molecule has 1 aliphatic rings. The molecular formula is C22H22N2O3. The SMILES string of the molecule is O=C(C(=O)N1CCC(CO)(c2ccccc2)CC1)c1c[nH]c2ccccc12. The highest BCUT2D eigenvalue weighted by molar-refractivity contribution is 6.44. The highest BCUT2D eigenvalue weighted by atomic mass is 16.3. The molecule has 1 aliphatic heterocycles. The van der Waals surface area contributed by atoms with E-state index in [0.717, 1.165) is 16.5 Å². The number of amides is 1. The van der Waals surface area contributed by atoms with Gasteiger partial charge in [0.2, 0.25) is 0 Å². The van der Waals surface area contributed by atoms with E-state index < -0.39 is 11.7 Å². The molecule has 2 N–H and O–H groups in total. The first-order chi connectivity index (χ1) is 13.1. The number of aromatic amines is 1. The number of Topliss-reactive ketones (excluding diaryl/α,β-unsaturated/α-hetero) is 1. The summed E-state index contributed by atoms with van der Waals surface area (Å²) in [5.41, 5.74) is 2.00. The zero-order valence-electron chi connectivity index (χ0n) is 15.0. The summed E-state index contributed by atoms with van der Waals surface area (Å²) in [7, 11) is 0. The number of hydrogen-bond acceptors (Lipinski definition) is 3. The number of aliphatic hydroxyl groups excluding tert-OH is 1. The van der Waals surface area contributed by atoms with Crippen LogP contribution in [0.4, 0.5) is 0 Å². The molecule has 3 aromatic rings. The van der Waals surface area contributed by atoms with Crippen LogP contribution in [-0.2, 0) is 10.2 Å². The van der Waals surface area contributed by atoms with Crippen LogP contribution >= 0.6 is 0 Å². The maximum Gasteiger partial charge on any atom is 0.295 e. The number of rotatable bonds is 4. The Bertz CT molecular complexity index is 969. The second kappa shape index (κ2) is 7.00. The molecule has 138 valence electrons. The van der Waals surface area contributed by atoms with Crippen LogP contribution in [0.25, 0.3) is 10.9 Å². The first kappa shape index (κ1) is 17.5. The van der Waals surface area contributed by atoms with Gasteiger partial charge < -0.3 is 15.0 Å². The van der Waals surface area contributed by atoms with Crippen LogP contribution in [0.2, 0.25) is 0 Å². The van der Waals surface area contributed by atoms with Crippen LogP contribution in [0.1, 0.15) is 28.8 Å². The van der Waals surface area contributed by atoms with Gasteiger partial charge in [0.15, 0.2) is 0 Å². The Morgan fingerprint density at radius 3 is 2.37 bits per heavy atom. The molecule has 1 amide bonds. The number of para-hydroxylation sites is 1. The van der Waals surface area contributed by atoms with Crippen molar-refractivity contribution in [2.75, 3.05) is 19.7 Å². The van der Waals surface area contributed by atoms with Gasteiger partial charge in [0.1, 0.15) is 0 Å². The standard InChI is InChI=1S/C22H22N2O3/c25-15-22(16-6-2-1-3-7-16)10-12-24(13-11-22)21(27)20(26)18-14-23-19-9-5-4-8-17(18)19/h1-9,14,23,25H,10-13,15H2. The first-order valence-electron chi connectivity index (χ1n) is 9.21. The Morgan fingerprint density at radius 2 is 1.67 bits per heavy atom. The third-order valence-electron chi connectivity index (χ3n) is 5.72. The van der Waals surface area contributed by atoms with Gasteiger partial charge in [-0.25, -0.2) is 0 Å². The van der Waals surface area contributed by atoms with Crippen molar-refractivity contribution in [1.82, 2.24) is 9.88 Å². The topological polar surface area (TPSA) is 73.4 Å². The Hall–Kier alpha value is -2.92. The summed E-state index contributed by atoms with van der Waals surface area (Å²) < 4.78 is 0. The quantitative estimate of drug-likeness (QED) is 0.554. The van der Waals surface area contributed by atoms with Crippen molar-refractivity contribution in [1.29, 1.82) is 0 Å². The number of likely N-dealkylation sites (tertiary alicyclic amines) is 1. The molecule has 0 saturated carbocycles. The fourth-order valence-corrected chi connectivity index (χ4v) is 3.99. The third kappa shape index (κ3) is 3.04. The van der Waals surface area contributed by atoms with Crippen LogP contribution in [0, 0.1) is 0 Å². The highest BCUT2D eigenvalue weighted by Crippen LogP contribution is 2.35. The average molecular weight is 362 g/mol. The van der Waals surface area contributed by atoms with Crippen LogP contribution in [0.15, 0.2) is 60.8 Å². The van der Waals surface area contributed by atoms with Crippen molar-refractivity contribution in [3.8, 4) is 0 Å². The number of aliphatic hydroxyl groups is 1. The van der Waals surface area contributed by atoms with Crippen molar-refractivity contribution < 1.29 is 14.7 Å². The van der Waals surface area contributed by atoms with E-state index in [4.69, 9.17) is 0 Å². The van der Waals surface area contributed by atoms with Gasteiger partial charge in [-0.05, 0) is 24.5 Å². The fourth-order valence-electron chi connectivity index (χ4n) is 3.99. The van der Waals surface area contributed by atoms with Crippen molar-refractivity contribution in [3.63, 3.8) is 0 Å². The largest absolute Gasteiger partial charge is 0.395 e. The van der Waals surface area contributed by atoms with Gasteiger partial charge in [-0.1, -0.05) is 48.5 Å². The summed E-state index contributed by atoms with van der Waals surface area (Å²) >= 11 is 0. The molecule has 2 aromatic carbocycles. The lowest BCUT2D eigenvalue weighted by atomic mass is 9.73. The molecule has 1 aromatic heterocycles. The minimum atomic E-state index is -0.483. The molecule has 5 heteroatoms. The predicted octanol–water partition coefficient (Wildman–Crippen LogP) is 2.90. The van der Waals surface area contributed by atoms with Crippen LogP contribution in [0.5, 0.6) is 0 Å². The van der Waals surface area contributed by atoms with Gasteiger partial charge >= 0.3 is 0 Å². The van der Waals surface area contributed by atoms with Crippen molar-refractivity contribution in [3.05, 3.63) is 71.9 Å². The van der Waals surface area contributed by atoms with E-state index in [9.17, 15) is 14.7 Å². The summed E-state index contributed by atoms with van der Waals surface area (Å²) in [4.78, 5) is 30.2. The van der Waals surface area contributed by atoms with Gasteiger partial charge in [-0.3, -0.25) is 9.59 Å². The van der Waals surface area contributed by atoms with Crippen molar-refractivity contribution >= 4 is 22.6 Å². The number of H-pyrrole nitrogens is 1. The summed E-state index contributed by atoms with van der Waals surface area (Å²) in [5, 5.41) is 10.8. The van der Waals surface area contributed by atoms with Crippen LogP contribution in [-0.4, -0.2) is 46.4 Å². The first-order valence-corrected chi connectivity index (χ1v) is 9.21. The average Bonchev–Trinajstić information content (AvgIpc) is 3.17. The van der Waals surface area contributed by atoms with Crippen LogP contribution < -0.4 is 0 Å². The molecule has 2 heterocycles. The maximum absolute atomic E-state index is 12.8. The third-order valence-corrected chi connectivity index (χ3v) is 5.72. The number of hydrogen-bond donors (Lipinski definition) is 2. The normalized spacial score (nSPS) is 16.4. The summed E-state index contributed by atoms with van der Waals surface area (Å²) in [5.74, 6) is -0.956. The van der Waals surface area contributed by atoms with E-state index in [-0.39, 0.29) is 12.0 Å². The molecule has 4 rings (SSSR count). The van der Waals surface area contributed by atoms with Gasteiger partial charge in [-0.15, -0.1) is 0 Å². The Balaban J connectivity index is 1.51. The Labute approximate surface area is 157 Å². The monoisotopic (exact) mass is 362 g/mol. The maximum atomic E-state index is 12.8. The predicted molar refractivity (Wildman–Crippen MR) is 104 cm³/mol. The second-order valence-corrected chi connectivity index (χ2v) is 7.17. The van der Waals surface area contributed by atoms with Crippen molar-refractivity contribution in [2.24, 2.45) is 0 Å². The minimum absolute atomic E-state index is 0.0371. The molecule has 0 bridgehead atoms. The molecule has 1 fully saturated rings. The molecule has 1 saturated heterocycles. The number of piperidine rings is 1. The van der Waals surface area contributed by atoms with Crippen molar-refractivity contribution in [2.45, 2.75) is 18.3 Å². The Kier molecular flexibility index (Phi) is 4.54. The molecule has 0 unspecified atom stereocenters. The van der Waals surface area contributed by atoms with Crippen LogP contribution in [0.3, 0.4) is 0 Å². The zero-order chi connectivity index (χ0) is 18.9. The molecule has 0 aliphatic carbocycles. The molecule has 0 spiro atoms. The molecule has 0 radical (unpaired) electrons. The highest BCUT2D eigenvalue weighted by Gasteiger charge is 2.38. The van der Waals surface area contributed by atoms with E-state index in [2.05, 4.69) is 4.98 Å². The lowest BCUT2D eigenvalue weighted by molar-refractivity contribution is -0.128. The van der Waals surface area contributed by atoms with E-state index in [1.165, 1.54) is 0 Å². The van der Waals surface area contributed by atoms with Gasteiger partial charge in [0.05, 0.1) is 12.2 Å². The second-order valence-electron chi connectivity index (χ2n) is 7.17. The zero-order valence-corrected chi connectivity index (χ0v) is 15.0. The van der Waals surface area contributed by atoms with E-state index in [0.29, 0.717) is 31.5 Å². The smallest absolute Gasteiger partial charge is 0.295 e. The fraction of sp³-hybridized carbons (Fsp3) is 0.273. The molecular weight excluding hydrogens is 340 g/mol. The lowest BCUT2D eigenvalue weighted by Gasteiger charge is -2.41. The number of carbonyl (C=O) groups is 2. The van der Waals surface area contributed by atoms with Gasteiger partial charge in [-0.2, -0.15) is 0 Å². The molecule has 27 heavy (non-hydrogen) atoms. The molecule has 0 atom stereocenters. The van der Waals surface area contributed by atoms with E-state index in [1.807, 2.05) is 54.6 Å². The summed E-state index contributed by atoms with van der Waals surface area (Å²) in [6.45, 7) is 0.959. The number of nitrogens with zero attached hydrogens (tertiary/aromatic N) is 1. The number of benzene rings is 2. The van der Waals surface area contributed by atoms with Gasteiger partial charge in [0, 0.05) is 35.6 Å². The number of fused-ring (bicyclic) bond motifs is 1. The summed E-state index contributed by atoms with van der Waals surface area (Å²) in [6.07, 6.45) is 2.89. The van der Waals surface area contributed by atoms with E-state index >= 15 is 0 Å². The lowest BCUT2D eigenvalue weighted by Crippen LogP contribution is -2.48. The minimum Gasteiger partial charge on any atom is -0.395 e.